The zero-order valence-corrected chi connectivity index (χ0v) is 19.1. The van der Waals surface area contributed by atoms with Crippen molar-refractivity contribution in [3.05, 3.63) is 63.7 Å². The number of nitrogens with zero attached hydrogens (tertiary/aromatic N) is 3. The van der Waals surface area contributed by atoms with E-state index in [2.05, 4.69) is 15.3 Å². The smallest absolute Gasteiger partial charge is 0.338 e. The van der Waals surface area contributed by atoms with E-state index in [-0.39, 0.29) is 35.1 Å². The zero-order chi connectivity index (χ0) is 24.4. The van der Waals surface area contributed by atoms with Crippen LogP contribution in [0.2, 0.25) is 5.02 Å². The van der Waals surface area contributed by atoms with Gasteiger partial charge in [0.25, 0.3) is 0 Å². The molecule has 2 aliphatic heterocycles. The Hall–Kier alpha value is -3.28. The van der Waals surface area contributed by atoms with E-state index < -0.39 is 29.8 Å². The van der Waals surface area contributed by atoms with Crippen LogP contribution in [0.3, 0.4) is 0 Å². The van der Waals surface area contributed by atoms with Crippen LogP contribution in [-0.4, -0.2) is 72.2 Å². The Bertz CT molecular complexity index is 1180. The lowest BCUT2D eigenvalue weighted by molar-refractivity contribution is -0.149. The highest BCUT2D eigenvalue weighted by Gasteiger charge is 2.37. The van der Waals surface area contributed by atoms with Gasteiger partial charge < -0.3 is 24.3 Å². The molecule has 0 spiro atoms. The number of benzene rings is 1. The molecule has 0 amide bonds. The van der Waals surface area contributed by atoms with Gasteiger partial charge in [-0.1, -0.05) is 23.7 Å². The molecule has 1 fully saturated rings. The number of amidine groups is 1. The second-order valence-electron chi connectivity index (χ2n) is 7.69. The molecular formula is C22H22ClFN4O6. The van der Waals surface area contributed by atoms with Crippen LogP contribution >= 0.6 is 11.6 Å². The standard InChI is InChI=1S/C22H22ClFN4O6/c1-11-18(25-10-34-11)20-26-14(8-28-6-7-33-9-15(28)21(29)30)16(22(31)32-2)19(27-20)12-4-3-5-13(24)17(12)23/h3-5,10,15,19H,6-9H2,1-2H3,(H,26,27)(H,29,30)/t15-,19-/m0/s1. The minimum absolute atomic E-state index is 0.00132. The molecule has 1 aromatic carbocycles. The van der Waals surface area contributed by atoms with Crippen molar-refractivity contribution in [2.75, 3.05) is 33.4 Å². The lowest BCUT2D eigenvalue weighted by Crippen LogP contribution is -2.52. The molecule has 1 saturated heterocycles. The average molecular weight is 493 g/mol. The van der Waals surface area contributed by atoms with Crippen LogP contribution in [-0.2, 0) is 19.1 Å². The van der Waals surface area contributed by atoms with Gasteiger partial charge in [0.2, 0.25) is 0 Å². The van der Waals surface area contributed by atoms with Crippen molar-refractivity contribution < 1.29 is 33.0 Å². The number of carboxylic acids is 1. The fraction of sp³-hybridized carbons (Fsp3) is 0.364. The molecule has 0 aliphatic carbocycles. The lowest BCUT2D eigenvalue weighted by Gasteiger charge is -2.35. The van der Waals surface area contributed by atoms with Crippen LogP contribution < -0.4 is 5.32 Å². The summed E-state index contributed by atoms with van der Waals surface area (Å²) in [5.74, 6) is -1.71. The number of carboxylic acid groups (broad SMARTS) is 1. The average Bonchev–Trinajstić information content (AvgIpc) is 3.26. The summed E-state index contributed by atoms with van der Waals surface area (Å²) in [6.45, 7) is 2.37. The van der Waals surface area contributed by atoms with Crippen LogP contribution in [0.4, 0.5) is 4.39 Å². The number of methoxy groups -OCH3 is 1. The maximum Gasteiger partial charge on any atom is 0.338 e. The highest BCUT2D eigenvalue weighted by molar-refractivity contribution is 6.31. The number of hydrogen-bond donors (Lipinski definition) is 2. The number of halogens is 2. The van der Waals surface area contributed by atoms with E-state index in [0.29, 0.717) is 30.3 Å². The number of aliphatic imine (C=N–C) groups is 1. The van der Waals surface area contributed by atoms with Gasteiger partial charge in [0.1, 0.15) is 29.4 Å². The third kappa shape index (κ3) is 4.54. The van der Waals surface area contributed by atoms with Gasteiger partial charge in [-0.25, -0.2) is 14.2 Å². The number of carbonyl (C=O) groups excluding carboxylic acids is 1. The fourth-order valence-corrected chi connectivity index (χ4v) is 4.17. The first-order chi connectivity index (χ1) is 16.3. The maximum absolute atomic E-state index is 14.3. The van der Waals surface area contributed by atoms with Crippen molar-refractivity contribution in [1.29, 1.82) is 0 Å². The molecule has 2 N–H and O–H groups in total. The predicted molar refractivity (Wildman–Crippen MR) is 118 cm³/mol. The normalized spacial score (nSPS) is 21.1. The van der Waals surface area contributed by atoms with Crippen LogP contribution in [0.25, 0.3) is 0 Å². The Balaban J connectivity index is 1.86. The van der Waals surface area contributed by atoms with E-state index >= 15 is 0 Å². The van der Waals surface area contributed by atoms with Crippen molar-refractivity contribution in [2.45, 2.75) is 19.0 Å². The second-order valence-corrected chi connectivity index (χ2v) is 8.07. The summed E-state index contributed by atoms with van der Waals surface area (Å²) < 4.78 is 30.0. The van der Waals surface area contributed by atoms with Gasteiger partial charge in [0.05, 0.1) is 30.9 Å². The van der Waals surface area contributed by atoms with Gasteiger partial charge in [-0.15, -0.1) is 0 Å². The molecule has 180 valence electrons. The number of oxazole rings is 1. The van der Waals surface area contributed by atoms with E-state index in [1.807, 2.05) is 0 Å². The monoisotopic (exact) mass is 492 g/mol. The predicted octanol–water partition coefficient (Wildman–Crippen LogP) is 2.08. The highest BCUT2D eigenvalue weighted by Crippen LogP contribution is 2.37. The summed E-state index contributed by atoms with van der Waals surface area (Å²) in [4.78, 5) is 35.2. The number of aryl methyl sites for hydroxylation is 1. The fourth-order valence-electron chi connectivity index (χ4n) is 3.94. The summed E-state index contributed by atoms with van der Waals surface area (Å²) in [7, 11) is 1.22. The van der Waals surface area contributed by atoms with Crippen molar-refractivity contribution in [1.82, 2.24) is 15.2 Å². The Morgan fingerprint density at radius 1 is 1.41 bits per heavy atom. The second kappa shape index (κ2) is 9.92. The number of aliphatic carboxylic acids is 1. The Morgan fingerprint density at radius 2 is 2.21 bits per heavy atom. The zero-order valence-electron chi connectivity index (χ0n) is 18.4. The SMILES string of the molecule is COC(=O)C1=C(CN2CCOC[C@H]2C(=O)O)NC(c2ncoc2C)=N[C@H]1c1cccc(F)c1Cl. The summed E-state index contributed by atoms with van der Waals surface area (Å²) in [6, 6.07) is 2.27. The van der Waals surface area contributed by atoms with Crippen molar-refractivity contribution in [2.24, 2.45) is 4.99 Å². The number of ether oxygens (including phenoxy) is 2. The third-order valence-electron chi connectivity index (χ3n) is 5.66. The highest BCUT2D eigenvalue weighted by atomic mass is 35.5. The molecule has 0 radical (unpaired) electrons. The van der Waals surface area contributed by atoms with E-state index in [9.17, 15) is 19.1 Å². The van der Waals surface area contributed by atoms with E-state index in [1.165, 1.54) is 25.6 Å². The third-order valence-corrected chi connectivity index (χ3v) is 6.06. The van der Waals surface area contributed by atoms with Gasteiger partial charge in [-0.2, -0.15) is 0 Å². The largest absolute Gasteiger partial charge is 0.480 e. The topological polar surface area (TPSA) is 126 Å². The number of nitrogens with one attached hydrogen (secondary N) is 1. The minimum Gasteiger partial charge on any atom is -0.480 e. The van der Waals surface area contributed by atoms with Gasteiger partial charge in [-0.3, -0.25) is 14.7 Å². The van der Waals surface area contributed by atoms with Gasteiger partial charge in [0.15, 0.2) is 12.2 Å². The summed E-state index contributed by atoms with van der Waals surface area (Å²) >= 11 is 6.27. The van der Waals surface area contributed by atoms with Crippen molar-refractivity contribution >= 4 is 29.4 Å². The first kappa shape index (κ1) is 23.9. The lowest BCUT2D eigenvalue weighted by atomic mass is 9.94. The van der Waals surface area contributed by atoms with Gasteiger partial charge in [-0.05, 0) is 13.0 Å². The van der Waals surface area contributed by atoms with E-state index in [4.69, 9.17) is 25.5 Å². The van der Waals surface area contributed by atoms with Crippen LogP contribution in [0.15, 0.2) is 45.3 Å². The molecule has 1 aromatic heterocycles. The molecule has 0 unspecified atom stereocenters. The summed E-state index contributed by atoms with van der Waals surface area (Å²) in [6.07, 6.45) is 1.25. The molecule has 4 rings (SSSR count). The van der Waals surface area contributed by atoms with Crippen molar-refractivity contribution in [3.8, 4) is 0 Å². The van der Waals surface area contributed by atoms with E-state index in [0.717, 1.165) is 0 Å². The minimum atomic E-state index is -1.05. The van der Waals surface area contributed by atoms with Gasteiger partial charge >= 0.3 is 11.9 Å². The Kier molecular flexibility index (Phi) is 6.96. The first-order valence-corrected chi connectivity index (χ1v) is 10.7. The van der Waals surface area contributed by atoms with E-state index in [1.54, 1.807) is 17.9 Å². The number of hydrogen-bond acceptors (Lipinski definition) is 9. The molecule has 10 nitrogen and oxygen atoms in total. The van der Waals surface area contributed by atoms with Crippen LogP contribution in [0.5, 0.6) is 0 Å². The maximum atomic E-state index is 14.3. The molecule has 2 aromatic rings. The van der Waals surface area contributed by atoms with Crippen LogP contribution in [0.1, 0.15) is 23.1 Å². The van der Waals surface area contributed by atoms with Gasteiger partial charge in [0, 0.05) is 24.4 Å². The number of rotatable bonds is 6. The number of carbonyl (C=O) groups is 2. The Labute approximate surface area is 199 Å². The number of aromatic nitrogens is 1. The summed E-state index contributed by atoms with van der Waals surface area (Å²) in [5, 5.41) is 12.5. The quantitative estimate of drug-likeness (QED) is 0.582. The number of morpholine rings is 1. The molecular weight excluding hydrogens is 471 g/mol. The van der Waals surface area contributed by atoms with Crippen LogP contribution in [0, 0.1) is 12.7 Å². The molecule has 3 heterocycles. The number of esters is 1. The Morgan fingerprint density at radius 3 is 2.88 bits per heavy atom. The molecule has 34 heavy (non-hydrogen) atoms. The van der Waals surface area contributed by atoms with Crippen molar-refractivity contribution in [3.63, 3.8) is 0 Å². The first-order valence-electron chi connectivity index (χ1n) is 10.4. The molecule has 0 bridgehead atoms. The molecule has 12 heteroatoms. The molecule has 0 saturated carbocycles. The summed E-state index contributed by atoms with van der Waals surface area (Å²) in [5.41, 5.74) is 1.04. The molecule has 2 atom stereocenters. The molecule has 2 aliphatic rings.